The molecule has 0 bridgehead atoms. The lowest BCUT2D eigenvalue weighted by molar-refractivity contribution is 0.170. The number of ether oxygens (including phenoxy) is 3. The first kappa shape index (κ1) is 8.85. The van der Waals surface area contributed by atoms with E-state index in [1.807, 2.05) is 0 Å². The topological polar surface area (TPSA) is 39.7 Å². The van der Waals surface area contributed by atoms with E-state index >= 15 is 0 Å². The van der Waals surface area contributed by atoms with Crippen LogP contribution in [0.1, 0.15) is 11.1 Å². The van der Waals surface area contributed by atoms with Crippen LogP contribution < -0.4 is 19.5 Å². The molecule has 4 heteroatoms. The highest BCUT2D eigenvalue weighted by Crippen LogP contribution is 2.45. The van der Waals surface area contributed by atoms with Crippen molar-refractivity contribution in [1.29, 1.82) is 0 Å². The van der Waals surface area contributed by atoms with Gasteiger partial charge < -0.3 is 19.5 Å². The van der Waals surface area contributed by atoms with Crippen LogP contribution in [0, 0.1) is 0 Å². The fourth-order valence-corrected chi connectivity index (χ4v) is 2.15. The molecule has 2 heterocycles. The predicted octanol–water partition coefficient (Wildman–Crippen LogP) is 1.07. The summed E-state index contributed by atoms with van der Waals surface area (Å²) >= 11 is 0. The minimum atomic E-state index is 0.294. The molecular formula is C11H13NO3. The zero-order valence-corrected chi connectivity index (χ0v) is 8.63. The van der Waals surface area contributed by atoms with Crippen molar-refractivity contribution in [2.75, 3.05) is 20.4 Å². The number of benzene rings is 1. The van der Waals surface area contributed by atoms with Crippen molar-refractivity contribution in [3.63, 3.8) is 0 Å². The summed E-state index contributed by atoms with van der Waals surface area (Å²) in [5.74, 6) is 2.39. The second-order valence-corrected chi connectivity index (χ2v) is 3.71. The summed E-state index contributed by atoms with van der Waals surface area (Å²) in [6.45, 7) is 2.16. The smallest absolute Gasteiger partial charge is 0.231 e. The molecule has 0 saturated carbocycles. The van der Waals surface area contributed by atoms with E-state index in [0.29, 0.717) is 6.79 Å². The fourth-order valence-electron chi connectivity index (χ4n) is 2.15. The van der Waals surface area contributed by atoms with Crippen LogP contribution in [-0.4, -0.2) is 20.4 Å². The Morgan fingerprint density at radius 3 is 3.07 bits per heavy atom. The second kappa shape index (κ2) is 3.31. The van der Waals surface area contributed by atoms with Gasteiger partial charge in [0.15, 0.2) is 11.5 Å². The van der Waals surface area contributed by atoms with Gasteiger partial charge in [-0.2, -0.15) is 0 Å². The number of hydrogen-bond acceptors (Lipinski definition) is 4. The van der Waals surface area contributed by atoms with Crippen LogP contribution in [0.25, 0.3) is 0 Å². The Hall–Kier alpha value is -1.42. The summed E-state index contributed by atoms with van der Waals surface area (Å²) in [4.78, 5) is 0. The molecule has 15 heavy (non-hydrogen) atoms. The summed E-state index contributed by atoms with van der Waals surface area (Å²) in [6, 6.07) is 2.06. The van der Waals surface area contributed by atoms with Crippen molar-refractivity contribution in [1.82, 2.24) is 5.32 Å². The van der Waals surface area contributed by atoms with E-state index in [9.17, 15) is 0 Å². The molecule has 2 aliphatic heterocycles. The molecule has 0 amide bonds. The van der Waals surface area contributed by atoms with Crippen molar-refractivity contribution < 1.29 is 14.2 Å². The second-order valence-electron chi connectivity index (χ2n) is 3.71. The summed E-state index contributed by atoms with van der Waals surface area (Å²) < 4.78 is 16.2. The Balaban J connectivity index is 2.19. The molecule has 1 aromatic rings. The molecule has 0 spiro atoms. The van der Waals surface area contributed by atoms with Crippen LogP contribution in [0.15, 0.2) is 6.07 Å². The maximum absolute atomic E-state index is 5.50. The minimum Gasteiger partial charge on any atom is -0.493 e. The highest BCUT2D eigenvalue weighted by molar-refractivity contribution is 5.60. The molecule has 4 nitrogen and oxygen atoms in total. The van der Waals surface area contributed by atoms with Gasteiger partial charge in [0, 0.05) is 12.1 Å². The van der Waals surface area contributed by atoms with Gasteiger partial charge in [-0.25, -0.2) is 0 Å². The quantitative estimate of drug-likeness (QED) is 0.747. The lowest BCUT2D eigenvalue weighted by Crippen LogP contribution is -2.23. The van der Waals surface area contributed by atoms with E-state index in [0.717, 1.165) is 36.8 Å². The fraction of sp³-hybridized carbons (Fsp3) is 0.455. The number of hydrogen-bond donors (Lipinski definition) is 1. The molecule has 0 fully saturated rings. The first-order chi connectivity index (χ1) is 7.40. The average molecular weight is 207 g/mol. The third kappa shape index (κ3) is 1.25. The molecule has 3 rings (SSSR count). The largest absolute Gasteiger partial charge is 0.493 e. The van der Waals surface area contributed by atoms with Crippen LogP contribution >= 0.6 is 0 Å². The Kier molecular flexibility index (Phi) is 1.95. The zero-order valence-electron chi connectivity index (χ0n) is 8.63. The van der Waals surface area contributed by atoms with Gasteiger partial charge in [0.05, 0.1) is 7.11 Å². The maximum atomic E-state index is 5.50. The maximum Gasteiger partial charge on any atom is 0.231 e. The number of nitrogens with one attached hydrogen (secondary N) is 1. The van der Waals surface area contributed by atoms with Gasteiger partial charge in [-0.05, 0) is 24.6 Å². The van der Waals surface area contributed by atoms with Crippen molar-refractivity contribution in [3.8, 4) is 17.2 Å². The minimum absolute atomic E-state index is 0.294. The molecule has 0 radical (unpaired) electrons. The molecule has 0 saturated heterocycles. The molecule has 80 valence electrons. The molecule has 2 aliphatic rings. The van der Waals surface area contributed by atoms with Gasteiger partial charge in [-0.1, -0.05) is 0 Å². The van der Waals surface area contributed by atoms with Crippen LogP contribution in [0.3, 0.4) is 0 Å². The van der Waals surface area contributed by atoms with Crippen molar-refractivity contribution in [2.45, 2.75) is 13.0 Å². The van der Waals surface area contributed by atoms with E-state index in [-0.39, 0.29) is 0 Å². The van der Waals surface area contributed by atoms with E-state index in [2.05, 4.69) is 11.4 Å². The third-order valence-electron chi connectivity index (χ3n) is 2.90. The van der Waals surface area contributed by atoms with Gasteiger partial charge in [0.2, 0.25) is 12.5 Å². The molecule has 0 aliphatic carbocycles. The van der Waals surface area contributed by atoms with Gasteiger partial charge in [-0.15, -0.1) is 0 Å². The van der Waals surface area contributed by atoms with Crippen molar-refractivity contribution in [3.05, 3.63) is 17.2 Å². The Bertz CT molecular complexity index is 403. The molecule has 0 unspecified atom stereocenters. The van der Waals surface area contributed by atoms with Crippen LogP contribution in [0.5, 0.6) is 17.2 Å². The summed E-state index contributed by atoms with van der Waals surface area (Å²) in [5.41, 5.74) is 2.52. The normalized spacial score (nSPS) is 17.4. The van der Waals surface area contributed by atoms with E-state index < -0.39 is 0 Å². The van der Waals surface area contributed by atoms with E-state index in [4.69, 9.17) is 14.2 Å². The zero-order chi connectivity index (χ0) is 10.3. The molecular weight excluding hydrogens is 194 g/mol. The standard InChI is InChI=1S/C11H13NO3/c1-13-9-4-7-2-3-12-5-8(7)10-11(9)15-6-14-10/h4,12H,2-3,5-6H2,1H3. The highest BCUT2D eigenvalue weighted by Gasteiger charge is 2.26. The number of methoxy groups -OCH3 is 1. The van der Waals surface area contributed by atoms with Gasteiger partial charge in [0.1, 0.15) is 0 Å². The first-order valence-corrected chi connectivity index (χ1v) is 5.09. The van der Waals surface area contributed by atoms with Gasteiger partial charge >= 0.3 is 0 Å². The van der Waals surface area contributed by atoms with E-state index in [1.54, 1.807) is 7.11 Å². The van der Waals surface area contributed by atoms with Crippen LogP contribution in [-0.2, 0) is 13.0 Å². The number of rotatable bonds is 1. The predicted molar refractivity (Wildman–Crippen MR) is 54.5 cm³/mol. The van der Waals surface area contributed by atoms with Crippen molar-refractivity contribution >= 4 is 0 Å². The SMILES string of the molecule is COc1cc2c(c3c1OCO3)CNCC2. The van der Waals surface area contributed by atoms with Gasteiger partial charge in [-0.3, -0.25) is 0 Å². The van der Waals surface area contributed by atoms with Crippen LogP contribution in [0.4, 0.5) is 0 Å². The monoisotopic (exact) mass is 207 g/mol. The molecule has 0 aromatic heterocycles. The molecule has 1 aromatic carbocycles. The molecule has 1 N–H and O–H groups in total. The Morgan fingerprint density at radius 2 is 2.20 bits per heavy atom. The highest BCUT2D eigenvalue weighted by atomic mass is 16.7. The average Bonchev–Trinajstić information content (AvgIpc) is 2.77. The Morgan fingerprint density at radius 1 is 1.33 bits per heavy atom. The van der Waals surface area contributed by atoms with E-state index in [1.165, 1.54) is 11.1 Å². The molecule has 0 atom stereocenters. The van der Waals surface area contributed by atoms with Crippen molar-refractivity contribution in [2.24, 2.45) is 0 Å². The summed E-state index contributed by atoms with van der Waals surface area (Å²) in [5, 5.41) is 3.33. The van der Waals surface area contributed by atoms with Gasteiger partial charge in [0.25, 0.3) is 0 Å². The summed E-state index contributed by atoms with van der Waals surface area (Å²) in [6.07, 6.45) is 1.02. The summed E-state index contributed by atoms with van der Waals surface area (Å²) in [7, 11) is 1.66. The first-order valence-electron chi connectivity index (χ1n) is 5.09. The number of fused-ring (bicyclic) bond motifs is 3. The Labute approximate surface area is 88.1 Å². The lowest BCUT2D eigenvalue weighted by Gasteiger charge is -2.19. The third-order valence-corrected chi connectivity index (χ3v) is 2.90. The van der Waals surface area contributed by atoms with Crippen LogP contribution in [0.2, 0.25) is 0 Å². The lowest BCUT2D eigenvalue weighted by atomic mass is 9.99.